The van der Waals surface area contributed by atoms with Crippen LogP contribution in [-0.4, -0.2) is 12.0 Å². The van der Waals surface area contributed by atoms with E-state index in [4.69, 9.17) is 0 Å². The molecule has 1 N–H and O–H groups in total. The number of carbonyl (C=O) groups excluding carboxylic acids is 1. The Labute approximate surface area is 154 Å². The van der Waals surface area contributed by atoms with Gasteiger partial charge in [-0.15, -0.1) is 0 Å². The molecule has 0 saturated carbocycles. The highest BCUT2D eigenvalue weighted by molar-refractivity contribution is 5.78. The molecular weight excluding hydrogens is 364 g/mol. The summed E-state index contributed by atoms with van der Waals surface area (Å²) >= 11 is 0. The molecule has 1 aliphatic heterocycles. The zero-order valence-electron chi connectivity index (χ0n) is 15.1. The van der Waals surface area contributed by atoms with Gasteiger partial charge in [0, 0.05) is 23.1 Å². The standard InChI is InChI=1S/C19H20F4N2O2/c1-4-15-18(5-2,17(26)27)16(13(9-24)10(3)25-15)12-7-6-11(20)8-14(12)19(21,22)23/h6-8,15-16,25H,4-5H2,1-3H3,(H,26,27)/p-1. The first kappa shape index (κ1) is 20.7. The Morgan fingerprint density at radius 3 is 2.44 bits per heavy atom. The first-order valence-corrected chi connectivity index (χ1v) is 8.50. The maximum Gasteiger partial charge on any atom is 0.416 e. The summed E-state index contributed by atoms with van der Waals surface area (Å²) in [7, 11) is 0. The summed E-state index contributed by atoms with van der Waals surface area (Å²) in [5, 5.41) is 24.8. The molecule has 0 radical (unpaired) electrons. The fraction of sp³-hybridized carbons (Fsp3) is 0.474. The van der Waals surface area contributed by atoms with Crippen LogP contribution in [0.4, 0.5) is 17.6 Å². The van der Waals surface area contributed by atoms with E-state index in [1.54, 1.807) is 6.92 Å². The third kappa shape index (κ3) is 3.27. The number of aliphatic carboxylic acids is 1. The van der Waals surface area contributed by atoms with Gasteiger partial charge < -0.3 is 15.2 Å². The summed E-state index contributed by atoms with van der Waals surface area (Å²) in [6.45, 7) is 4.74. The van der Waals surface area contributed by atoms with Crippen molar-refractivity contribution in [3.8, 4) is 6.07 Å². The van der Waals surface area contributed by atoms with E-state index in [0.29, 0.717) is 11.8 Å². The predicted molar refractivity (Wildman–Crippen MR) is 87.4 cm³/mol. The fourth-order valence-electron chi connectivity index (χ4n) is 4.07. The highest BCUT2D eigenvalue weighted by Crippen LogP contribution is 2.52. The van der Waals surface area contributed by atoms with Gasteiger partial charge in [0.25, 0.3) is 0 Å². The van der Waals surface area contributed by atoms with Crippen molar-refractivity contribution in [2.45, 2.75) is 51.7 Å². The van der Waals surface area contributed by atoms with Crippen molar-refractivity contribution in [3.05, 3.63) is 46.4 Å². The Hall–Kier alpha value is -2.56. The maximum atomic E-state index is 13.6. The van der Waals surface area contributed by atoms with E-state index < -0.39 is 46.5 Å². The van der Waals surface area contributed by atoms with Gasteiger partial charge in [0.1, 0.15) is 5.82 Å². The number of nitriles is 1. The van der Waals surface area contributed by atoms with Gasteiger partial charge in [-0.2, -0.15) is 18.4 Å². The normalized spacial score (nSPS) is 25.7. The van der Waals surface area contributed by atoms with Crippen LogP contribution < -0.4 is 10.4 Å². The lowest BCUT2D eigenvalue weighted by atomic mass is 9.59. The summed E-state index contributed by atoms with van der Waals surface area (Å²) in [5.74, 6) is -4.06. The molecule has 0 spiro atoms. The van der Waals surface area contributed by atoms with Crippen LogP contribution in [0.5, 0.6) is 0 Å². The first-order chi connectivity index (χ1) is 12.5. The molecule has 1 aliphatic rings. The van der Waals surface area contributed by atoms with Crippen LogP contribution in [0.15, 0.2) is 29.5 Å². The van der Waals surface area contributed by atoms with E-state index >= 15 is 0 Å². The molecule has 0 saturated heterocycles. The third-order valence-electron chi connectivity index (χ3n) is 5.35. The summed E-state index contributed by atoms with van der Waals surface area (Å²) < 4.78 is 54.4. The van der Waals surface area contributed by atoms with Gasteiger partial charge in [-0.25, -0.2) is 4.39 Å². The van der Waals surface area contributed by atoms with E-state index in [2.05, 4.69) is 5.32 Å². The lowest BCUT2D eigenvalue weighted by Gasteiger charge is -2.51. The van der Waals surface area contributed by atoms with Crippen molar-refractivity contribution in [2.24, 2.45) is 5.41 Å². The maximum absolute atomic E-state index is 13.6. The van der Waals surface area contributed by atoms with Crippen molar-refractivity contribution in [1.82, 2.24) is 5.32 Å². The van der Waals surface area contributed by atoms with Crippen LogP contribution in [0.1, 0.15) is 50.7 Å². The number of allylic oxidation sites excluding steroid dienone is 2. The second kappa shape index (κ2) is 7.22. The number of nitrogens with one attached hydrogen (secondary N) is 1. The van der Waals surface area contributed by atoms with Crippen molar-refractivity contribution in [2.75, 3.05) is 0 Å². The van der Waals surface area contributed by atoms with E-state index in [1.807, 2.05) is 6.07 Å². The zero-order valence-corrected chi connectivity index (χ0v) is 15.1. The van der Waals surface area contributed by atoms with E-state index in [0.717, 1.165) is 12.1 Å². The lowest BCUT2D eigenvalue weighted by Crippen LogP contribution is -2.60. The Balaban J connectivity index is 2.94. The van der Waals surface area contributed by atoms with Gasteiger partial charge in [-0.3, -0.25) is 0 Å². The molecule has 0 aromatic heterocycles. The Morgan fingerprint density at radius 1 is 1.37 bits per heavy atom. The second-order valence-electron chi connectivity index (χ2n) is 6.60. The van der Waals surface area contributed by atoms with Gasteiger partial charge in [-0.05, 0) is 37.5 Å². The molecule has 2 rings (SSSR count). The van der Waals surface area contributed by atoms with Crippen LogP contribution in [0, 0.1) is 22.6 Å². The lowest BCUT2D eigenvalue weighted by molar-refractivity contribution is -0.322. The number of nitrogens with zero attached hydrogens (tertiary/aromatic N) is 1. The Kier molecular flexibility index (Phi) is 5.55. The summed E-state index contributed by atoms with van der Waals surface area (Å²) in [4.78, 5) is 12.2. The summed E-state index contributed by atoms with van der Waals surface area (Å²) in [5.41, 5.74) is -3.34. The van der Waals surface area contributed by atoms with E-state index in [-0.39, 0.29) is 18.4 Å². The first-order valence-electron chi connectivity index (χ1n) is 8.50. The number of hydrogen-bond acceptors (Lipinski definition) is 4. The highest BCUT2D eigenvalue weighted by Gasteiger charge is 2.52. The molecule has 1 aromatic carbocycles. The number of hydrogen-bond donors (Lipinski definition) is 1. The molecular formula is C19H19F4N2O2-. The molecule has 1 heterocycles. The quantitative estimate of drug-likeness (QED) is 0.810. The molecule has 146 valence electrons. The minimum Gasteiger partial charge on any atom is -0.549 e. The third-order valence-corrected chi connectivity index (χ3v) is 5.35. The monoisotopic (exact) mass is 383 g/mol. The number of benzene rings is 1. The number of halogens is 4. The summed E-state index contributed by atoms with van der Waals surface area (Å²) in [6.07, 6.45) is -4.69. The fourth-order valence-corrected chi connectivity index (χ4v) is 4.07. The number of carboxylic acids is 1. The van der Waals surface area contributed by atoms with E-state index in [1.165, 1.54) is 13.8 Å². The van der Waals surface area contributed by atoms with Crippen molar-refractivity contribution in [3.63, 3.8) is 0 Å². The topological polar surface area (TPSA) is 76.0 Å². The molecule has 27 heavy (non-hydrogen) atoms. The molecule has 3 atom stereocenters. The van der Waals surface area contributed by atoms with Gasteiger partial charge in [0.15, 0.2) is 0 Å². The van der Waals surface area contributed by atoms with Gasteiger partial charge in [-0.1, -0.05) is 19.9 Å². The molecule has 1 aromatic rings. The van der Waals surface area contributed by atoms with Gasteiger partial charge in [0.2, 0.25) is 0 Å². The average Bonchev–Trinajstić information content (AvgIpc) is 2.59. The minimum absolute atomic E-state index is 0.0708. The van der Waals surface area contributed by atoms with Crippen LogP contribution in [-0.2, 0) is 11.0 Å². The van der Waals surface area contributed by atoms with Crippen LogP contribution >= 0.6 is 0 Å². The van der Waals surface area contributed by atoms with Crippen molar-refractivity contribution in [1.29, 1.82) is 5.26 Å². The molecule has 0 bridgehead atoms. The smallest absolute Gasteiger partial charge is 0.416 e. The SMILES string of the molecule is CCC1NC(C)=C(C#N)C(c2ccc(F)cc2C(F)(F)F)C1(CC)C(=O)[O-]. The number of carboxylic acid groups (broad SMARTS) is 1. The second-order valence-corrected chi connectivity index (χ2v) is 6.60. The van der Waals surface area contributed by atoms with Crippen LogP contribution in [0.3, 0.4) is 0 Å². The van der Waals surface area contributed by atoms with Crippen molar-refractivity contribution >= 4 is 5.97 Å². The largest absolute Gasteiger partial charge is 0.549 e. The van der Waals surface area contributed by atoms with Gasteiger partial charge in [0.05, 0.1) is 23.2 Å². The molecule has 3 unspecified atom stereocenters. The molecule has 8 heteroatoms. The minimum atomic E-state index is -4.91. The Bertz CT molecular complexity index is 826. The number of alkyl halides is 3. The van der Waals surface area contributed by atoms with Crippen LogP contribution in [0.2, 0.25) is 0 Å². The summed E-state index contributed by atoms with van der Waals surface area (Å²) in [6, 6.07) is 3.19. The molecule has 0 aliphatic carbocycles. The molecule has 4 nitrogen and oxygen atoms in total. The van der Waals surface area contributed by atoms with Crippen LogP contribution in [0.25, 0.3) is 0 Å². The van der Waals surface area contributed by atoms with Gasteiger partial charge >= 0.3 is 6.18 Å². The van der Waals surface area contributed by atoms with E-state index in [9.17, 15) is 32.7 Å². The molecule has 0 amide bonds. The number of carbonyl (C=O) groups is 1. The molecule has 0 fully saturated rings. The highest BCUT2D eigenvalue weighted by atomic mass is 19.4. The Morgan fingerprint density at radius 2 is 2.00 bits per heavy atom. The predicted octanol–water partition coefficient (Wildman–Crippen LogP) is 3.25. The zero-order chi connectivity index (χ0) is 20.6. The number of rotatable bonds is 4. The van der Waals surface area contributed by atoms with Crippen molar-refractivity contribution < 1.29 is 27.5 Å². The average molecular weight is 383 g/mol.